The highest BCUT2D eigenvalue weighted by Crippen LogP contribution is 2.38. The van der Waals surface area contributed by atoms with Gasteiger partial charge in [0, 0.05) is 6.07 Å². The zero-order valence-corrected chi connectivity index (χ0v) is 22.5. The Bertz CT molecular complexity index is 1520. The van der Waals surface area contributed by atoms with E-state index in [1.54, 1.807) is 36.4 Å². The van der Waals surface area contributed by atoms with Crippen LogP contribution in [0.3, 0.4) is 0 Å². The number of nitrogens with one attached hydrogen (secondary N) is 1. The van der Waals surface area contributed by atoms with E-state index < -0.39 is 27.2 Å². The normalized spacial score (nSPS) is 13.0. The smallest absolute Gasteiger partial charge is 0.243 e. The molecule has 2 atom stereocenters. The van der Waals surface area contributed by atoms with Gasteiger partial charge < -0.3 is 19.3 Å². The number of pyridine rings is 1. The van der Waals surface area contributed by atoms with Gasteiger partial charge in [0.2, 0.25) is 21.9 Å². The fourth-order valence-corrected chi connectivity index (χ4v) is 4.94. The molecule has 0 fully saturated rings. The lowest BCUT2D eigenvalue weighted by Gasteiger charge is -2.21. The number of anilines is 1. The van der Waals surface area contributed by atoms with Crippen LogP contribution in [-0.4, -0.2) is 59.3 Å². The van der Waals surface area contributed by atoms with Crippen molar-refractivity contribution in [3.63, 3.8) is 0 Å². The molecule has 2 aromatic carbocycles. The lowest BCUT2D eigenvalue weighted by molar-refractivity contribution is 0.176. The third-order valence-electron chi connectivity index (χ3n) is 5.91. The second kappa shape index (κ2) is 11.7. The highest BCUT2D eigenvalue weighted by atomic mass is 32.2. The number of sulfonamides is 1. The van der Waals surface area contributed by atoms with Gasteiger partial charge in [0.15, 0.2) is 5.82 Å². The molecule has 4 rings (SSSR count). The van der Waals surface area contributed by atoms with Crippen molar-refractivity contribution < 1.29 is 32.1 Å². The fraction of sp³-hybridized carbons (Fsp3) is 0.269. The van der Waals surface area contributed by atoms with E-state index in [1.165, 1.54) is 37.8 Å². The Hall–Kier alpha value is -4.23. The topological polar surface area (TPSA) is 138 Å². The number of hydrogen-bond donors (Lipinski definition) is 2. The standard InChI is InChI=1S/C26H28FN5O6S/c1-5-38-22-11-6-8-19(28-22)25-29-30-26(32(25)23-20(36-3)9-7-10-21(23)37-4)31-39(34,35)16(2)24(33)17-12-14-18(27)15-13-17/h6-16,24,33H,5H2,1-4H3,(H,30,31)/t16-,24-/m0/s1. The summed E-state index contributed by atoms with van der Waals surface area (Å²) in [6, 6.07) is 15.1. The molecule has 206 valence electrons. The molecule has 0 unspecified atom stereocenters. The summed E-state index contributed by atoms with van der Waals surface area (Å²) in [5.41, 5.74) is 0.890. The molecule has 0 saturated carbocycles. The summed E-state index contributed by atoms with van der Waals surface area (Å²) in [4.78, 5) is 4.47. The molecule has 0 aliphatic carbocycles. The predicted molar refractivity (Wildman–Crippen MR) is 142 cm³/mol. The molecule has 13 heteroatoms. The summed E-state index contributed by atoms with van der Waals surface area (Å²) in [6.07, 6.45) is -1.45. The molecule has 4 aromatic rings. The van der Waals surface area contributed by atoms with E-state index in [4.69, 9.17) is 14.2 Å². The van der Waals surface area contributed by atoms with Gasteiger partial charge >= 0.3 is 0 Å². The van der Waals surface area contributed by atoms with Gasteiger partial charge in [-0.2, -0.15) is 0 Å². The van der Waals surface area contributed by atoms with Crippen LogP contribution >= 0.6 is 0 Å². The first-order chi connectivity index (χ1) is 18.7. The lowest BCUT2D eigenvalue weighted by Crippen LogP contribution is -2.32. The number of methoxy groups -OCH3 is 2. The molecule has 2 heterocycles. The maximum Gasteiger partial charge on any atom is 0.243 e. The Morgan fingerprint density at radius 1 is 1.00 bits per heavy atom. The molecule has 39 heavy (non-hydrogen) atoms. The van der Waals surface area contributed by atoms with Crippen molar-refractivity contribution in [1.29, 1.82) is 0 Å². The minimum atomic E-state index is -4.27. The minimum absolute atomic E-state index is 0.170. The third-order valence-corrected chi connectivity index (χ3v) is 7.62. The summed E-state index contributed by atoms with van der Waals surface area (Å²) in [7, 11) is -1.35. The third kappa shape index (κ3) is 5.78. The van der Waals surface area contributed by atoms with Gasteiger partial charge in [-0.1, -0.05) is 24.3 Å². The van der Waals surface area contributed by atoms with E-state index in [1.807, 2.05) is 6.92 Å². The van der Waals surface area contributed by atoms with Crippen LogP contribution in [0.4, 0.5) is 10.3 Å². The van der Waals surface area contributed by atoms with Crippen LogP contribution in [0.2, 0.25) is 0 Å². The van der Waals surface area contributed by atoms with Gasteiger partial charge in [-0.05, 0) is 49.7 Å². The van der Waals surface area contributed by atoms with E-state index in [-0.39, 0.29) is 17.3 Å². The second-order valence-electron chi connectivity index (χ2n) is 8.34. The molecule has 0 radical (unpaired) electrons. The number of rotatable bonds is 11. The van der Waals surface area contributed by atoms with Gasteiger partial charge in [-0.3, -0.25) is 9.29 Å². The SMILES string of the molecule is CCOc1cccc(-c2nnc(NS(=O)(=O)[C@@H](C)[C@H](O)c3ccc(F)cc3)n2-c2c(OC)cccc2OC)n1. The Balaban J connectivity index is 1.84. The van der Waals surface area contributed by atoms with Gasteiger partial charge in [0.1, 0.15) is 33.9 Å². The molecular formula is C26H28FN5O6S. The van der Waals surface area contributed by atoms with Crippen molar-refractivity contribution >= 4 is 16.0 Å². The molecule has 0 aliphatic heterocycles. The van der Waals surface area contributed by atoms with E-state index in [0.717, 1.165) is 12.1 Å². The number of aromatic nitrogens is 4. The summed E-state index contributed by atoms with van der Waals surface area (Å²) >= 11 is 0. The van der Waals surface area contributed by atoms with Crippen LogP contribution in [0.25, 0.3) is 17.2 Å². The first-order valence-electron chi connectivity index (χ1n) is 11.9. The van der Waals surface area contributed by atoms with Gasteiger partial charge in [0.25, 0.3) is 0 Å². The molecule has 0 aliphatic rings. The maximum absolute atomic E-state index is 13.4. The van der Waals surface area contributed by atoms with Crippen LogP contribution in [0.5, 0.6) is 17.4 Å². The Morgan fingerprint density at radius 3 is 2.26 bits per heavy atom. The van der Waals surface area contributed by atoms with Crippen LogP contribution in [-0.2, 0) is 10.0 Å². The number of para-hydroxylation sites is 1. The minimum Gasteiger partial charge on any atom is -0.494 e. The van der Waals surface area contributed by atoms with Crippen LogP contribution in [0, 0.1) is 5.82 Å². The molecular weight excluding hydrogens is 529 g/mol. The van der Waals surface area contributed by atoms with Crippen molar-refractivity contribution in [2.75, 3.05) is 25.5 Å². The molecule has 0 bridgehead atoms. The van der Waals surface area contributed by atoms with Gasteiger partial charge in [-0.25, -0.2) is 17.8 Å². The van der Waals surface area contributed by atoms with Crippen molar-refractivity contribution in [2.45, 2.75) is 25.2 Å². The molecule has 2 N–H and O–H groups in total. The number of aliphatic hydroxyl groups excluding tert-OH is 1. The van der Waals surface area contributed by atoms with Gasteiger partial charge in [-0.15, -0.1) is 10.2 Å². The molecule has 11 nitrogen and oxygen atoms in total. The highest BCUT2D eigenvalue weighted by Gasteiger charge is 2.32. The number of ether oxygens (including phenoxy) is 3. The first kappa shape index (κ1) is 27.8. The molecule has 0 saturated heterocycles. The molecule has 0 amide bonds. The molecule has 2 aromatic heterocycles. The van der Waals surface area contributed by atoms with Crippen LogP contribution < -0.4 is 18.9 Å². The average Bonchev–Trinajstić information content (AvgIpc) is 3.34. The number of hydrogen-bond acceptors (Lipinski definition) is 9. The van der Waals surface area contributed by atoms with Crippen molar-refractivity contribution in [3.05, 3.63) is 72.0 Å². The van der Waals surface area contributed by atoms with Crippen molar-refractivity contribution in [3.8, 4) is 34.6 Å². The Morgan fingerprint density at radius 2 is 1.64 bits per heavy atom. The lowest BCUT2D eigenvalue weighted by atomic mass is 10.1. The van der Waals surface area contributed by atoms with Crippen molar-refractivity contribution in [1.82, 2.24) is 19.7 Å². The van der Waals surface area contributed by atoms with Crippen LogP contribution in [0.1, 0.15) is 25.5 Å². The summed E-state index contributed by atoms with van der Waals surface area (Å²) < 4.78 is 60.7. The second-order valence-corrected chi connectivity index (χ2v) is 10.4. The summed E-state index contributed by atoms with van der Waals surface area (Å²) in [6.45, 7) is 3.54. The van der Waals surface area contributed by atoms with Crippen LogP contribution in [0.15, 0.2) is 60.7 Å². The fourth-order valence-electron chi connectivity index (χ4n) is 3.87. The predicted octanol–water partition coefficient (Wildman–Crippen LogP) is 3.75. The number of aliphatic hydroxyl groups is 1. The van der Waals surface area contributed by atoms with Gasteiger partial charge in [0.05, 0.1) is 26.9 Å². The summed E-state index contributed by atoms with van der Waals surface area (Å²) in [5, 5.41) is 17.7. The maximum atomic E-state index is 13.4. The Kier molecular flexibility index (Phi) is 8.31. The number of benzene rings is 2. The zero-order valence-electron chi connectivity index (χ0n) is 21.7. The quantitative estimate of drug-likeness (QED) is 0.282. The largest absolute Gasteiger partial charge is 0.494 e. The van der Waals surface area contributed by atoms with E-state index in [0.29, 0.717) is 35.4 Å². The monoisotopic (exact) mass is 557 g/mol. The van der Waals surface area contributed by atoms with E-state index in [2.05, 4.69) is 19.9 Å². The number of halogens is 1. The number of nitrogens with zero attached hydrogens (tertiary/aromatic N) is 4. The average molecular weight is 558 g/mol. The highest BCUT2D eigenvalue weighted by molar-refractivity contribution is 7.93. The summed E-state index contributed by atoms with van der Waals surface area (Å²) in [5.74, 6) is 0.494. The van der Waals surface area contributed by atoms with E-state index >= 15 is 0 Å². The first-order valence-corrected chi connectivity index (χ1v) is 13.5. The zero-order chi connectivity index (χ0) is 28.2. The van der Waals surface area contributed by atoms with Crippen molar-refractivity contribution in [2.24, 2.45) is 0 Å². The van der Waals surface area contributed by atoms with E-state index in [9.17, 15) is 17.9 Å². The Labute approximate surface area is 225 Å². The molecule has 0 spiro atoms.